The summed E-state index contributed by atoms with van der Waals surface area (Å²) in [5.41, 5.74) is -2.02. The van der Waals surface area contributed by atoms with Gasteiger partial charge in [-0.3, -0.25) is 9.59 Å². The largest absolute Gasteiger partial charge is 0.716 e. The number of hydrogen-bond donors (Lipinski definition) is 10. The average molecular weight is 856 g/mol. The molecular weight excluding hydrogens is 824 g/mol. The van der Waals surface area contributed by atoms with E-state index in [0.29, 0.717) is 5.56 Å². The topological polar surface area (TPSA) is 365 Å². The van der Waals surface area contributed by atoms with Crippen molar-refractivity contribution in [2.24, 2.45) is 5.92 Å². The van der Waals surface area contributed by atoms with Gasteiger partial charge in [-0.25, -0.2) is 13.2 Å². The molecule has 21 nitrogen and oxygen atoms in total. The van der Waals surface area contributed by atoms with Gasteiger partial charge in [0.25, 0.3) is 10.4 Å². The molecule has 5 atom stereocenters. The minimum absolute atomic E-state index is 0.0142. The van der Waals surface area contributed by atoms with Gasteiger partial charge >= 0.3 is 5.97 Å². The summed E-state index contributed by atoms with van der Waals surface area (Å²) in [6.45, 7) is 2.88. The van der Waals surface area contributed by atoms with Crippen molar-refractivity contribution in [3.05, 3.63) is 86.7 Å². The lowest BCUT2D eigenvalue weighted by Crippen LogP contribution is -2.57. The van der Waals surface area contributed by atoms with Gasteiger partial charge in [-0.05, 0) is 36.8 Å². The third-order valence-electron chi connectivity index (χ3n) is 9.17. The summed E-state index contributed by atoms with van der Waals surface area (Å²) in [6.07, 6.45) is -6.26. The Kier molecular flexibility index (Phi) is 11.2. The van der Waals surface area contributed by atoms with Gasteiger partial charge in [-0.2, -0.15) is 0 Å². The fourth-order valence-corrected chi connectivity index (χ4v) is 6.49. The van der Waals surface area contributed by atoms with Gasteiger partial charge in [0.1, 0.15) is 56.8 Å². The smallest absolute Gasteiger partial charge is 0.335 e. The maximum atomic E-state index is 12.6. The molecule has 1 fully saturated rings. The number of benzene rings is 4. The van der Waals surface area contributed by atoms with Crippen LogP contribution in [0.25, 0.3) is 44.6 Å². The number of aliphatic hydroxyl groups is 2. The predicted octanol–water partition coefficient (Wildman–Crippen LogP) is 2.55. The average Bonchev–Trinajstić information content (AvgIpc) is 3.15. The number of aliphatic hydroxyl groups excluding tert-OH is 2. The molecule has 0 amide bonds. The quantitative estimate of drug-likeness (QED) is 0.0814. The summed E-state index contributed by atoms with van der Waals surface area (Å²) >= 11 is 0. The zero-order valence-corrected chi connectivity index (χ0v) is 31.3. The highest BCUT2D eigenvalue weighted by Gasteiger charge is 2.46. The van der Waals surface area contributed by atoms with Gasteiger partial charge in [0.05, 0.1) is 6.10 Å². The molecule has 2 aromatic heterocycles. The van der Waals surface area contributed by atoms with E-state index in [0.717, 1.165) is 42.5 Å². The van der Waals surface area contributed by atoms with E-state index >= 15 is 0 Å². The molecule has 316 valence electrons. The van der Waals surface area contributed by atoms with Crippen molar-refractivity contribution < 1.29 is 91.3 Å². The summed E-state index contributed by atoms with van der Waals surface area (Å²) in [5.74, 6) is -7.94. The Hall–Kier alpha value is -7.24. The summed E-state index contributed by atoms with van der Waals surface area (Å²) in [4.78, 5) is 36.2. The number of aryl methyl sites for hydroxylation is 1. The SMILES string of the molecule is C[C@H]1[C@H](O)[C@@H](C(=O)O)OC(Oc2cc(-c3oc4cc(O)cc(O)c4c(=O)c3O)ccc2O)[C@@H]1O.Cc1ccc(-c2oc3cc(O)cc(O)c3c(=O)c2O)cc1OS(=O)(=O)[O-]. The first-order chi connectivity index (χ1) is 28.1. The lowest BCUT2D eigenvalue weighted by atomic mass is 9.90. The first-order valence-corrected chi connectivity index (χ1v) is 18.3. The van der Waals surface area contributed by atoms with Crippen LogP contribution in [0.2, 0.25) is 0 Å². The zero-order valence-electron chi connectivity index (χ0n) is 30.5. The van der Waals surface area contributed by atoms with Crippen LogP contribution in [0.5, 0.6) is 51.7 Å². The van der Waals surface area contributed by atoms with Crippen LogP contribution in [0.3, 0.4) is 0 Å². The highest BCUT2D eigenvalue weighted by Crippen LogP contribution is 2.40. The number of rotatable bonds is 7. The number of aliphatic carboxylic acids is 1. The van der Waals surface area contributed by atoms with E-state index in [2.05, 4.69) is 4.18 Å². The second-order valence-corrected chi connectivity index (χ2v) is 14.3. The molecule has 60 heavy (non-hydrogen) atoms. The maximum Gasteiger partial charge on any atom is 0.335 e. The molecule has 1 aliphatic rings. The van der Waals surface area contributed by atoms with Crippen molar-refractivity contribution in [2.45, 2.75) is 38.4 Å². The lowest BCUT2D eigenvalue weighted by molar-refractivity contribution is -0.255. The van der Waals surface area contributed by atoms with E-state index in [-0.39, 0.29) is 61.8 Å². The Labute approximate surface area is 334 Å². The van der Waals surface area contributed by atoms with E-state index < -0.39 is 92.2 Å². The van der Waals surface area contributed by atoms with Crippen LogP contribution in [0.1, 0.15) is 12.5 Å². The molecule has 0 aliphatic carbocycles. The Morgan fingerprint density at radius 1 is 0.700 bits per heavy atom. The molecule has 7 rings (SSSR count). The molecule has 0 radical (unpaired) electrons. The minimum Gasteiger partial charge on any atom is -0.716 e. The first kappa shape index (κ1) is 42.4. The summed E-state index contributed by atoms with van der Waals surface area (Å²) in [7, 11) is -5.03. The van der Waals surface area contributed by atoms with Gasteiger partial charge in [0, 0.05) is 41.3 Å². The van der Waals surface area contributed by atoms with E-state index in [4.69, 9.17) is 18.3 Å². The van der Waals surface area contributed by atoms with Crippen molar-refractivity contribution >= 4 is 38.3 Å². The van der Waals surface area contributed by atoms with Gasteiger partial charge in [-0.1, -0.05) is 19.1 Å². The van der Waals surface area contributed by atoms with Gasteiger partial charge in [0.2, 0.25) is 28.6 Å². The molecule has 0 spiro atoms. The van der Waals surface area contributed by atoms with Crippen LogP contribution in [0.15, 0.2) is 79.1 Å². The molecule has 1 aliphatic heterocycles. The Morgan fingerprint density at radius 3 is 1.67 bits per heavy atom. The number of phenols is 5. The minimum atomic E-state index is -5.03. The van der Waals surface area contributed by atoms with Crippen molar-refractivity contribution in [1.82, 2.24) is 0 Å². The van der Waals surface area contributed by atoms with Crippen LogP contribution < -0.4 is 19.8 Å². The second-order valence-electron chi connectivity index (χ2n) is 13.3. The van der Waals surface area contributed by atoms with E-state index in [1.54, 1.807) is 0 Å². The van der Waals surface area contributed by atoms with E-state index in [9.17, 15) is 78.4 Å². The Balaban J connectivity index is 0.000000209. The molecular formula is C38H31O21S-. The van der Waals surface area contributed by atoms with Crippen molar-refractivity contribution in [3.8, 4) is 74.4 Å². The zero-order chi connectivity index (χ0) is 44.1. The number of phenolic OH excluding ortho intramolecular Hbond substituents is 5. The number of carboxylic acids is 1. The van der Waals surface area contributed by atoms with Gasteiger partial charge < -0.3 is 78.1 Å². The molecule has 6 aromatic rings. The molecule has 22 heteroatoms. The third kappa shape index (κ3) is 8.21. The normalized spacial score (nSPS) is 19.1. The number of aromatic hydroxyl groups is 7. The van der Waals surface area contributed by atoms with Crippen LogP contribution in [0, 0.1) is 12.8 Å². The lowest BCUT2D eigenvalue weighted by Gasteiger charge is -2.39. The number of carbonyl (C=O) groups is 1. The fourth-order valence-electron chi connectivity index (χ4n) is 6.09. The highest BCUT2D eigenvalue weighted by atomic mass is 32.3. The molecule has 0 bridgehead atoms. The van der Waals surface area contributed by atoms with Crippen molar-refractivity contribution in [3.63, 3.8) is 0 Å². The number of carboxylic acid groups (broad SMARTS) is 1. The number of ether oxygens (including phenoxy) is 2. The number of hydrogen-bond acceptors (Lipinski definition) is 20. The van der Waals surface area contributed by atoms with Gasteiger partial charge in [0.15, 0.2) is 29.1 Å². The summed E-state index contributed by atoms with van der Waals surface area (Å²) < 4.78 is 58.3. The summed E-state index contributed by atoms with van der Waals surface area (Å²) in [6, 6.07) is 11.3. The molecule has 1 saturated heterocycles. The molecule has 0 saturated carbocycles. The van der Waals surface area contributed by atoms with Crippen LogP contribution >= 0.6 is 0 Å². The number of fused-ring (bicyclic) bond motifs is 2. The van der Waals surface area contributed by atoms with E-state index in [1.165, 1.54) is 32.0 Å². The monoisotopic (exact) mass is 855 g/mol. The fraction of sp³-hybridized carbons (Fsp3) is 0.184. The van der Waals surface area contributed by atoms with E-state index in [1.807, 2.05) is 0 Å². The molecule has 4 aromatic carbocycles. The standard InChI is InChI=1S/C22H20O12.C16H12O9S/c1-7-15(26)20(21(30)31)34-22(16(7)27)33-12-4-8(2-3-10(12)24)19-18(29)17(28)14-11(25)5-9(23)6-13(14)32-19;1-7-2-3-8(4-11(7)25-26(21,22)23)16-15(20)14(19)13-10(18)5-9(17)6-12(13)24-16/h2-7,15-16,20,22-27,29H,1H3,(H,30,31);2-6,17-18,20H,1H3,(H,21,22,23)/p-1/t7-,15-,16+,20-,22?;/m0./s1. The molecule has 10 N–H and O–H groups in total. The highest BCUT2D eigenvalue weighted by molar-refractivity contribution is 7.81. The van der Waals surface area contributed by atoms with Crippen LogP contribution in [-0.2, 0) is 19.9 Å². The molecule has 3 heterocycles. The summed E-state index contributed by atoms with van der Waals surface area (Å²) in [5, 5.41) is 98.6. The second kappa shape index (κ2) is 15.8. The predicted molar refractivity (Wildman–Crippen MR) is 201 cm³/mol. The first-order valence-electron chi connectivity index (χ1n) is 17.0. The third-order valence-corrected chi connectivity index (χ3v) is 9.55. The Bertz CT molecular complexity index is 2920. The van der Waals surface area contributed by atoms with Crippen molar-refractivity contribution in [2.75, 3.05) is 0 Å². The van der Waals surface area contributed by atoms with Crippen LogP contribution in [0.4, 0.5) is 0 Å². The maximum absolute atomic E-state index is 12.6. The van der Waals surface area contributed by atoms with Gasteiger partial charge in [-0.15, -0.1) is 0 Å². The Morgan fingerprint density at radius 2 is 1.18 bits per heavy atom. The molecule has 1 unspecified atom stereocenters. The van der Waals surface area contributed by atoms with Crippen LogP contribution in [-0.4, -0.2) is 94.6 Å². The van der Waals surface area contributed by atoms with Crippen molar-refractivity contribution in [1.29, 1.82) is 0 Å².